The number of hydrogen-bond acceptors (Lipinski definition) is 4. The van der Waals surface area contributed by atoms with Gasteiger partial charge in [0.15, 0.2) is 0 Å². The van der Waals surface area contributed by atoms with Gasteiger partial charge in [0.05, 0.1) is 7.11 Å². The second-order valence-electron chi connectivity index (χ2n) is 5.52. The van der Waals surface area contributed by atoms with E-state index in [1.54, 1.807) is 6.92 Å². The Hall–Kier alpha value is -1.79. The van der Waals surface area contributed by atoms with E-state index < -0.39 is 30.1 Å². The smallest absolute Gasteiger partial charge is 0.328 e. The molecule has 7 heteroatoms. The van der Waals surface area contributed by atoms with Crippen LogP contribution >= 0.6 is 0 Å². The lowest BCUT2D eigenvalue weighted by Crippen LogP contribution is -2.53. The first-order valence-corrected chi connectivity index (χ1v) is 7.10. The Morgan fingerprint density at radius 1 is 1.14 bits per heavy atom. The summed E-state index contributed by atoms with van der Waals surface area (Å²) in [5.41, 5.74) is 0. The van der Waals surface area contributed by atoms with Crippen molar-refractivity contribution < 1.29 is 24.2 Å². The van der Waals surface area contributed by atoms with E-state index >= 15 is 0 Å². The molecule has 0 aliphatic rings. The zero-order valence-corrected chi connectivity index (χ0v) is 13.3. The maximum absolute atomic E-state index is 11.9. The zero-order valence-electron chi connectivity index (χ0n) is 13.3. The molecular weight excluding hydrogens is 276 g/mol. The molecule has 0 aromatic heterocycles. The molecule has 21 heavy (non-hydrogen) atoms. The Kier molecular flexibility index (Phi) is 8.42. The lowest BCUT2D eigenvalue weighted by molar-refractivity contribution is -0.143. The van der Waals surface area contributed by atoms with Gasteiger partial charge in [-0.2, -0.15) is 0 Å². The minimum Gasteiger partial charge on any atom is -0.480 e. The van der Waals surface area contributed by atoms with Gasteiger partial charge in [0, 0.05) is 0 Å². The third-order valence-electron chi connectivity index (χ3n) is 3.26. The molecule has 0 bridgehead atoms. The molecule has 3 unspecified atom stereocenters. The van der Waals surface area contributed by atoms with Crippen molar-refractivity contribution in [2.45, 2.75) is 52.6 Å². The first kappa shape index (κ1) is 19.2. The van der Waals surface area contributed by atoms with Gasteiger partial charge < -0.3 is 20.5 Å². The molecule has 0 saturated carbocycles. The number of hydrogen-bond donors (Lipinski definition) is 3. The molecule has 0 rings (SSSR count). The number of nitrogens with one attached hydrogen (secondary N) is 2. The Morgan fingerprint density at radius 2 is 1.71 bits per heavy atom. The molecular formula is C14H26N2O5. The van der Waals surface area contributed by atoms with Crippen LogP contribution < -0.4 is 10.6 Å². The average molecular weight is 302 g/mol. The minimum absolute atomic E-state index is 0.180. The van der Waals surface area contributed by atoms with Gasteiger partial charge in [-0.15, -0.1) is 0 Å². The molecule has 0 saturated heterocycles. The minimum atomic E-state index is -1.10. The van der Waals surface area contributed by atoms with Gasteiger partial charge in [-0.05, 0) is 18.3 Å². The van der Waals surface area contributed by atoms with Crippen molar-refractivity contribution in [1.82, 2.24) is 10.6 Å². The predicted octanol–water partition coefficient (Wildman–Crippen LogP) is 1.37. The topological polar surface area (TPSA) is 105 Å². The Labute approximate surface area is 125 Å². The van der Waals surface area contributed by atoms with Crippen LogP contribution in [0.4, 0.5) is 4.79 Å². The zero-order chi connectivity index (χ0) is 16.6. The van der Waals surface area contributed by atoms with Crippen LogP contribution in [0.3, 0.4) is 0 Å². The summed E-state index contributed by atoms with van der Waals surface area (Å²) < 4.78 is 4.64. The van der Waals surface area contributed by atoms with E-state index in [0.717, 1.165) is 0 Å². The summed E-state index contributed by atoms with van der Waals surface area (Å²) in [6, 6.07) is -2.47. The number of rotatable bonds is 8. The molecule has 3 N–H and O–H groups in total. The number of esters is 1. The van der Waals surface area contributed by atoms with E-state index in [1.807, 2.05) is 20.8 Å². The highest BCUT2D eigenvalue weighted by Crippen LogP contribution is 2.09. The largest absolute Gasteiger partial charge is 0.480 e. The quantitative estimate of drug-likeness (QED) is 0.587. The number of aliphatic carboxylic acids is 1. The van der Waals surface area contributed by atoms with Gasteiger partial charge in [0.2, 0.25) is 0 Å². The van der Waals surface area contributed by atoms with E-state index in [4.69, 9.17) is 5.11 Å². The molecule has 0 heterocycles. The molecule has 0 aliphatic heterocycles. The number of carbonyl (C=O) groups is 3. The SMILES string of the molecule is CCC(C)C(NC(=O)NC(CC(C)C)C(=O)OC)C(=O)O. The van der Waals surface area contributed by atoms with Crippen LogP contribution in [0.15, 0.2) is 0 Å². The normalized spacial score (nSPS) is 15.0. The van der Waals surface area contributed by atoms with Crippen molar-refractivity contribution in [2.75, 3.05) is 7.11 Å². The molecule has 7 nitrogen and oxygen atoms in total. The summed E-state index contributed by atoms with van der Waals surface area (Å²) in [5.74, 6) is -1.68. The lowest BCUT2D eigenvalue weighted by Gasteiger charge is -2.23. The molecule has 0 aromatic carbocycles. The fraction of sp³-hybridized carbons (Fsp3) is 0.786. The standard InChI is InChI=1S/C14H26N2O5/c1-6-9(4)11(12(17)18)16-14(20)15-10(7-8(2)3)13(19)21-5/h8-11H,6-7H2,1-5H3,(H,17,18)(H2,15,16,20). The van der Waals surface area contributed by atoms with Crippen molar-refractivity contribution in [1.29, 1.82) is 0 Å². The second kappa shape index (κ2) is 9.20. The molecule has 2 amide bonds. The predicted molar refractivity (Wildman–Crippen MR) is 77.8 cm³/mol. The summed E-state index contributed by atoms with van der Waals surface area (Å²) in [5, 5.41) is 14.0. The van der Waals surface area contributed by atoms with Crippen molar-refractivity contribution in [2.24, 2.45) is 11.8 Å². The molecule has 3 atom stereocenters. The van der Waals surface area contributed by atoms with Crippen molar-refractivity contribution in [3.05, 3.63) is 0 Å². The maximum atomic E-state index is 11.9. The van der Waals surface area contributed by atoms with Crippen LogP contribution in [-0.2, 0) is 14.3 Å². The first-order valence-electron chi connectivity index (χ1n) is 7.10. The van der Waals surface area contributed by atoms with E-state index in [2.05, 4.69) is 15.4 Å². The Morgan fingerprint density at radius 3 is 2.10 bits per heavy atom. The number of amides is 2. The second-order valence-corrected chi connectivity index (χ2v) is 5.52. The third-order valence-corrected chi connectivity index (χ3v) is 3.26. The molecule has 0 spiro atoms. The average Bonchev–Trinajstić information content (AvgIpc) is 2.41. The van der Waals surface area contributed by atoms with Gasteiger partial charge in [-0.3, -0.25) is 0 Å². The number of carboxylic acid groups (broad SMARTS) is 1. The van der Waals surface area contributed by atoms with Gasteiger partial charge in [-0.25, -0.2) is 14.4 Å². The summed E-state index contributed by atoms with van der Waals surface area (Å²) in [6.45, 7) is 7.41. The summed E-state index contributed by atoms with van der Waals surface area (Å²) in [7, 11) is 1.24. The fourth-order valence-corrected chi connectivity index (χ4v) is 1.85. The van der Waals surface area contributed by atoms with Crippen LogP contribution in [0.5, 0.6) is 0 Å². The van der Waals surface area contributed by atoms with Crippen LogP contribution in [0.1, 0.15) is 40.5 Å². The molecule has 122 valence electrons. The molecule has 0 aromatic rings. The van der Waals surface area contributed by atoms with Gasteiger partial charge in [-0.1, -0.05) is 34.1 Å². The van der Waals surface area contributed by atoms with Crippen LogP contribution in [0.25, 0.3) is 0 Å². The van der Waals surface area contributed by atoms with Crippen molar-refractivity contribution in [3.63, 3.8) is 0 Å². The van der Waals surface area contributed by atoms with Gasteiger partial charge >= 0.3 is 18.0 Å². The van der Waals surface area contributed by atoms with E-state index in [9.17, 15) is 14.4 Å². The molecule has 0 fully saturated rings. The fourth-order valence-electron chi connectivity index (χ4n) is 1.85. The number of urea groups is 1. The molecule has 0 aliphatic carbocycles. The van der Waals surface area contributed by atoms with Crippen LogP contribution in [0.2, 0.25) is 0 Å². The van der Waals surface area contributed by atoms with Crippen LogP contribution in [-0.4, -0.2) is 42.3 Å². The highest BCUT2D eigenvalue weighted by atomic mass is 16.5. The number of carbonyl (C=O) groups excluding carboxylic acids is 2. The highest BCUT2D eigenvalue weighted by molar-refractivity contribution is 5.86. The number of methoxy groups -OCH3 is 1. The first-order chi connectivity index (χ1) is 9.72. The highest BCUT2D eigenvalue weighted by Gasteiger charge is 2.28. The molecule has 0 radical (unpaired) electrons. The third kappa shape index (κ3) is 6.97. The van der Waals surface area contributed by atoms with E-state index in [0.29, 0.717) is 12.8 Å². The van der Waals surface area contributed by atoms with E-state index in [1.165, 1.54) is 7.11 Å². The lowest BCUT2D eigenvalue weighted by atomic mass is 9.99. The van der Waals surface area contributed by atoms with Gasteiger partial charge in [0.1, 0.15) is 12.1 Å². The number of ether oxygens (including phenoxy) is 1. The Balaban J connectivity index is 4.74. The van der Waals surface area contributed by atoms with Crippen LogP contribution in [0, 0.1) is 11.8 Å². The van der Waals surface area contributed by atoms with E-state index in [-0.39, 0.29) is 11.8 Å². The van der Waals surface area contributed by atoms with Gasteiger partial charge in [0.25, 0.3) is 0 Å². The van der Waals surface area contributed by atoms with Crippen molar-refractivity contribution in [3.8, 4) is 0 Å². The summed E-state index contributed by atoms with van der Waals surface area (Å²) in [4.78, 5) is 34.7. The summed E-state index contributed by atoms with van der Waals surface area (Å²) in [6.07, 6.45) is 1.03. The number of carboxylic acids is 1. The van der Waals surface area contributed by atoms with Crippen molar-refractivity contribution >= 4 is 18.0 Å². The Bertz CT molecular complexity index is 370. The summed E-state index contributed by atoms with van der Waals surface area (Å²) >= 11 is 0. The monoisotopic (exact) mass is 302 g/mol. The maximum Gasteiger partial charge on any atom is 0.328 e.